The molecule has 0 radical (unpaired) electrons. The smallest absolute Gasteiger partial charge is 0.338 e. The monoisotopic (exact) mass is 538 g/mol. The van der Waals surface area contributed by atoms with Gasteiger partial charge in [0.2, 0.25) is 0 Å². The van der Waals surface area contributed by atoms with E-state index in [1.54, 1.807) is 49.4 Å². The van der Waals surface area contributed by atoms with Gasteiger partial charge in [-0.05, 0) is 48.9 Å². The minimum atomic E-state index is -0.853. The second kappa shape index (κ2) is 10.9. The Bertz CT molecular complexity index is 1630. The molecule has 1 atom stereocenters. The fraction of sp³-hybridized carbons (Fsp3) is 0.222. The summed E-state index contributed by atoms with van der Waals surface area (Å²) in [6, 6.07) is 9.43. The summed E-state index contributed by atoms with van der Waals surface area (Å²) in [4.78, 5) is 31.6. The van der Waals surface area contributed by atoms with Crippen molar-refractivity contribution in [2.75, 3.05) is 27.9 Å². The van der Waals surface area contributed by atoms with Gasteiger partial charge in [-0.3, -0.25) is 9.36 Å². The lowest BCUT2D eigenvalue weighted by atomic mass is 9.95. The second-order valence-electron chi connectivity index (χ2n) is 7.86. The Morgan fingerprint density at radius 2 is 1.89 bits per heavy atom. The molecule has 0 saturated heterocycles. The van der Waals surface area contributed by atoms with Crippen LogP contribution in [0.2, 0.25) is 5.02 Å². The Kier molecular flexibility index (Phi) is 7.71. The van der Waals surface area contributed by atoms with Crippen LogP contribution in [0, 0.1) is 12.3 Å². The number of esters is 1. The van der Waals surface area contributed by atoms with Crippen molar-refractivity contribution in [3.05, 3.63) is 83.5 Å². The zero-order chi connectivity index (χ0) is 26.7. The molecular weight excluding hydrogens is 516 g/mol. The van der Waals surface area contributed by atoms with Gasteiger partial charge in [0.1, 0.15) is 18.4 Å². The number of carbonyl (C=O) groups is 1. The standard InChI is InChI=1S/C27H23ClN2O6S/c1-6-11-36-20-9-7-16(12-21(20)34-4)13-22-25(31)30-24(18-14-17(28)8-10-19(18)33-3)23(26(32)35-5)15(2)29-27(30)37-22/h1,7-10,12-14,24H,11H2,2-5H3/b22-13-/t24-/m0/s1. The van der Waals surface area contributed by atoms with Gasteiger partial charge in [0.05, 0.1) is 37.1 Å². The fourth-order valence-corrected chi connectivity index (χ4v) is 5.30. The number of halogens is 1. The van der Waals surface area contributed by atoms with Crippen molar-refractivity contribution in [1.29, 1.82) is 0 Å². The quantitative estimate of drug-likeness (QED) is 0.339. The summed E-state index contributed by atoms with van der Waals surface area (Å²) in [5.74, 6) is 3.24. The molecular formula is C27H23ClN2O6S. The molecule has 0 bridgehead atoms. The zero-order valence-corrected chi connectivity index (χ0v) is 22.1. The third kappa shape index (κ3) is 4.99. The van der Waals surface area contributed by atoms with Gasteiger partial charge in [0, 0.05) is 10.6 Å². The predicted octanol–water partition coefficient (Wildman–Crippen LogP) is 3.09. The SMILES string of the molecule is C#CCOc1ccc(/C=c2\sc3n(c2=O)[C@@H](c2cc(Cl)ccc2OC)C(C(=O)OC)=C(C)N=3)cc1OC. The molecule has 8 nitrogen and oxygen atoms in total. The van der Waals surface area contributed by atoms with Crippen LogP contribution in [0.4, 0.5) is 0 Å². The van der Waals surface area contributed by atoms with E-state index < -0.39 is 12.0 Å². The normalized spacial score (nSPS) is 14.9. The topological polar surface area (TPSA) is 88.4 Å². The first-order chi connectivity index (χ1) is 17.8. The number of nitrogens with zero attached hydrogens (tertiary/aromatic N) is 2. The van der Waals surface area contributed by atoms with Gasteiger partial charge in [0.15, 0.2) is 16.3 Å². The molecule has 1 aromatic heterocycles. The Balaban J connectivity index is 1.93. The summed E-state index contributed by atoms with van der Waals surface area (Å²) >= 11 is 7.51. The molecule has 37 heavy (non-hydrogen) atoms. The third-order valence-electron chi connectivity index (χ3n) is 5.71. The highest BCUT2D eigenvalue weighted by molar-refractivity contribution is 7.07. The summed E-state index contributed by atoms with van der Waals surface area (Å²) < 4.78 is 23.4. The van der Waals surface area contributed by atoms with Crippen molar-refractivity contribution in [2.24, 2.45) is 4.99 Å². The lowest BCUT2D eigenvalue weighted by molar-refractivity contribution is -0.136. The highest BCUT2D eigenvalue weighted by atomic mass is 35.5. The number of allylic oxidation sites excluding steroid dienone is 1. The first-order valence-electron chi connectivity index (χ1n) is 11.0. The Labute approximate surface area is 222 Å². The van der Waals surface area contributed by atoms with E-state index in [1.165, 1.54) is 37.2 Å². The minimum absolute atomic E-state index is 0.100. The summed E-state index contributed by atoms with van der Waals surface area (Å²) in [7, 11) is 4.31. The van der Waals surface area contributed by atoms with Crippen LogP contribution in [0.15, 0.2) is 57.5 Å². The first-order valence-corrected chi connectivity index (χ1v) is 12.2. The first kappa shape index (κ1) is 26.1. The molecule has 0 saturated carbocycles. The molecule has 1 aliphatic heterocycles. The largest absolute Gasteiger partial charge is 0.496 e. The van der Waals surface area contributed by atoms with Crippen molar-refractivity contribution >= 4 is 35.0 Å². The summed E-state index contributed by atoms with van der Waals surface area (Å²) in [5.41, 5.74) is 1.56. The van der Waals surface area contributed by atoms with Crippen LogP contribution in [-0.4, -0.2) is 38.5 Å². The number of hydrogen-bond donors (Lipinski definition) is 0. The number of thiazole rings is 1. The molecule has 0 fully saturated rings. The Hall–Kier alpha value is -4.00. The van der Waals surface area contributed by atoms with Crippen molar-refractivity contribution in [3.8, 4) is 29.6 Å². The third-order valence-corrected chi connectivity index (χ3v) is 6.93. The Morgan fingerprint density at radius 3 is 2.57 bits per heavy atom. The molecule has 0 spiro atoms. The number of aromatic nitrogens is 1. The van der Waals surface area contributed by atoms with Gasteiger partial charge >= 0.3 is 5.97 Å². The molecule has 0 amide bonds. The number of methoxy groups -OCH3 is 3. The van der Waals surface area contributed by atoms with Crippen molar-refractivity contribution < 1.29 is 23.7 Å². The van der Waals surface area contributed by atoms with E-state index in [0.717, 1.165) is 0 Å². The van der Waals surface area contributed by atoms with Crippen molar-refractivity contribution in [3.63, 3.8) is 0 Å². The van der Waals surface area contributed by atoms with Crippen LogP contribution in [0.25, 0.3) is 6.08 Å². The highest BCUT2D eigenvalue weighted by Gasteiger charge is 2.35. The van der Waals surface area contributed by atoms with E-state index in [-0.39, 0.29) is 17.7 Å². The van der Waals surface area contributed by atoms with Gasteiger partial charge in [-0.25, -0.2) is 9.79 Å². The fourth-order valence-electron chi connectivity index (χ4n) is 4.07. The van der Waals surface area contributed by atoms with E-state index in [4.69, 9.17) is 37.0 Å². The van der Waals surface area contributed by atoms with Crippen LogP contribution in [0.3, 0.4) is 0 Å². The zero-order valence-electron chi connectivity index (χ0n) is 20.5. The number of benzene rings is 2. The van der Waals surface area contributed by atoms with E-state index in [9.17, 15) is 9.59 Å². The second-order valence-corrected chi connectivity index (χ2v) is 9.31. The molecule has 2 aromatic carbocycles. The van der Waals surface area contributed by atoms with Crippen LogP contribution in [-0.2, 0) is 9.53 Å². The summed E-state index contributed by atoms with van der Waals surface area (Å²) in [6.07, 6.45) is 7.00. The molecule has 190 valence electrons. The Morgan fingerprint density at radius 1 is 1.16 bits per heavy atom. The molecule has 2 heterocycles. The van der Waals surface area contributed by atoms with Gasteiger partial charge in [0.25, 0.3) is 5.56 Å². The van der Waals surface area contributed by atoms with E-state index in [1.807, 2.05) is 0 Å². The molecule has 3 aromatic rings. The molecule has 0 aliphatic carbocycles. The van der Waals surface area contributed by atoms with Crippen LogP contribution in [0.5, 0.6) is 17.2 Å². The van der Waals surface area contributed by atoms with Crippen LogP contribution >= 0.6 is 22.9 Å². The molecule has 10 heteroatoms. The molecule has 4 rings (SSSR count). The molecule has 0 unspecified atom stereocenters. The number of ether oxygens (including phenoxy) is 4. The number of carbonyl (C=O) groups excluding carboxylic acids is 1. The average molecular weight is 539 g/mol. The van der Waals surface area contributed by atoms with E-state index in [0.29, 0.717) is 48.4 Å². The molecule has 0 N–H and O–H groups in total. The van der Waals surface area contributed by atoms with E-state index >= 15 is 0 Å². The van der Waals surface area contributed by atoms with Gasteiger partial charge in [-0.2, -0.15) is 0 Å². The number of hydrogen-bond acceptors (Lipinski definition) is 8. The van der Waals surface area contributed by atoms with Crippen LogP contribution < -0.4 is 29.1 Å². The summed E-state index contributed by atoms with van der Waals surface area (Å²) in [5, 5.41) is 0.427. The maximum atomic E-state index is 13.8. The lowest BCUT2D eigenvalue weighted by Crippen LogP contribution is -2.40. The van der Waals surface area contributed by atoms with Gasteiger partial charge in [-0.1, -0.05) is 34.9 Å². The summed E-state index contributed by atoms with van der Waals surface area (Å²) in [6.45, 7) is 1.80. The molecule has 1 aliphatic rings. The number of fused-ring (bicyclic) bond motifs is 1. The van der Waals surface area contributed by atoms with E-state index in [2.05, 4.69) is 10.9 Å². The van der Waals surface area contributed by atoms with Crippen molar-refractivity contribution in [2.45, 2.75) is 13.0 Å². The van der Waals surface area contributed by atoms with Gasteiger partial charge in [-0.15, -0.1) is 6.42 Å². The average Bonchev–Trinajstić information content (AvgIpc) is 3.20. The number of rotatable bonds is 7. The maximum absolute atomic E-state index is 13.8. The lowest BCUT2D eigenvalue weighted by Gasteiger charge is -2.25. The van der Waals surface area contributed by atoms with Gasteiger partial charge < -0.3 is 18.9 Å². The van der Waals surface area contributed by atoms with Crippen LogP contribution in [0.1, 0.15) is 24.1 Å². The van der Waals surface area contributed by atoms with Crippen molar-refractivity contribution in [1.82, 2.24) is 4.57 Å². The highest BCUT2D eigenvalue weighted by Crippen LogP contribution is 2.37. The predicted molar refractivity (Wildman–Crippen MR) is 141 cm³/mol. The number of terminal acetylenes is 1. The minimum Gasteiger partial charge on any atom is -0.496 e. The maximum Gasteiger partial charge on any atom is 0.338 e.